The number of fused-ring (bicyclic) bond motifs is 1. The summed E-state index contributed by atoms with van der Waals surface area (Å²) in [5.41, 5.74) is 8.11. The van der Waals surface area contributed by atoms with Crippen LogP contribution in [0, 0.1) is 13.8 Å². The van der Waals surface area contributed by atoms with Crippen LogP contribution >= 0.6 is 0 Å². The van der Waals surface area contributed by atoms with Crippen LogP contribution in [0.25, 0.3) is 10.9 Å². The maximum absolute atomic E-state index is 5.80. The molecule has 0 amide bonds. The van der Waals surface area contributed by atoms with Crippen molar-refractivity contribution in [2.75, 3.05) is 0 Å². The summed E-state index contributed by atoms with van der Waals surface area (Å²) < 4.78 is 0. The quantitative estimate of drug-likeness (QED) is 0.571. The van der Waals surface area contributed by atoms with Crippen LogP contribution in [-0.2, 0) is 0 Å². The van der Waals surface area contributed by atoms with Gasteiger partial charge in [-0.2, -0.15) is 0 Å². The number of nitrogens with two attached hydrogens (primary N) is 1. The van der Waals surface area contributed by atoms with E-state index in [0.717, 1.165) is 33.4 Å². The number of aromatic nitrogens is 2. The standard InChI is InChI=1S/C17H18N4/c1-11-8-15(9-12(2)20-11)17(21-18)14-5-6-16-13(10-14)4-3-7-19-16/h3-10,17,21H,18H2,1-2H3. The summed E-state index contributed by atoms with van der Waals surface area (Å²) in [5.74, 6) is 5.80. The third kappa shape index (κ3) is 2.77. The molecule has 2 aromatic heterocycles. The van der Waals surface area contributed by atoms with Gasteiger partial charge in [0.1, 0.15) is 0 Å². The van der Waals surface area contributed by atoms with Crippen molar-refractivity contribution in [3.8, 4) is 0 Å². The predicted octanol–water partition coefficient (Wildman–Crippen LogP) is 2.80. The Morgan fingerprint density at radius 2 is 1.76 bits per heavy atom. The Hall–Kier alpha value is -2.30. The van der Waals surface area contributed by atoms with E-state index in [9.17, 15) is 0 Å². The Labute approximate surface area is 124 Å². The molecule has 4 nitrogen and oxygen atoms in total. The molecule has 3 aromatic rings. The molecule has 0 saturated carbocycles. The second kappa shape index (κ2) is 5.60. The minimum atomic E-state index is -0.0602. The number of nitrogens with one attached hydrogen (secondary N) is 1. The monoisotopic (exact) mass is 278 g/mol. The van der Waals surface area contributed by atoms with Gasteiger partial charge in [0.05, 0.1) is 11.6 Å². The van der Waals surface area contributed by atoms with Gasteiger partial charge in [-0.15, -0.1) is 0 Å². The normalized spacial score (nSPS) is 12.5. The molecule has 0 radical (unpaired) electrons. The molecule has 0 aliphatic rings. The Morgan fingerprint density at radius 1 is 1.00 bits per heavy atom. The van der Waals surface area contributed by atoms with E-state index in [2.05, 4.69) is 45.7 Å². The molecular weight excluding hydrogens is 260 g/mol. The second-order valence-corrected chi connectivity index (χ2v) is 5.24. The molecule has 4 heteroatoms. The number of rotatable bonds is 3. The first-order chi connectivity index (χ1) is 10.2. The third-order valence-electron chi connectivity index (χ3n) is 3.56. The molecule has 1 atom stereocenters. The lowest BCUT2D eigenvalue weighted by molar-refractivity contribution is 0.635. The van der Waals surface area contributed by atoms with E-state index in [-0.39, 0.29) is 6.04 Å². The first kappa shape index (κ1) is 13.7. The molecule has 21 heavy (non-hydrogen) atoms. The van der Waals surface area contributed by atoms with Crippen molar-refractivity contribution in [3.63, 3.8) is 0 Å². The summed E-state index contributed by atoms with van der Waals surface area (Å²) >= 11 is 0. The fraction of sp³-hybridized carbons (Fsp3) is 0.176. The predicted molar refractivity (Wildman–Crippen MR) is 84.6 cm³/mol. The first-order valence-electron chi connectivity index (χ1n) is 6.93. The molecule has 0 aliphatic heterocycles. The topological polar surface area (TPSA) is 63.8 Å². The Bertz CT molecular complexity index is 762. The average molecular weight is 278 g/mol. The summed E-state index contributed by atoms with van der Waals surface area (Å²) in [5, 5.41) is 1.11. The van der Waals surface area contributed by atoms with Gasteiger partial charge in [-0.25, -0.2) is 5.43 Å². The van der Waals surface area contributed by atoms with Gasteiger partial charge in [0.15, 0.2) is 0 Å². The number of hydrazine groups is 1. The van der Waals surface area contributed by atoms with E-state index in [1.165, 1.54) is 0 Å². The molecule has 0 fully saturated rings. The molecule has 3 rings (SSSR count). The molecule has 2 heterocycles. The smallest absolute Gasteiger partial charge is 0.0711 e. The van der Waals surface area contributed by atoms with Crippen molar-refractivity contribution in [2.24, 2.45) is 5.84 Å². The average Bonchev–Trinajstić information content (AvgIpc) is 2.47. The maximum Gasteiger partial charge on any atom is 0.0711 e. The molecule has 1 unspecified atom stereocenters. The molecule has 106 valence electrons. The molecule has 3 N–H and O–H groups in total. The molecule has 0 aliphatic carbocycles. The summed E-state index contributed by atoms with van der Waals surface area (Å²) in [6, 6.07) is 14.3. The van der Waals surface area contributed by atoms with Crippen LogP contribution in [0.3, 0.4) is 0 Å². The fourth-order valence-electron chi connectivity index (χ4n) is 2.69. The lowest BCUT2D eigenvalue weighted by Crippen LogP contribution is -2.29. The highest BCUT2D eigenvalue weighted by molar-refractivity contribution is 5.79. The van der Waals surface area contributed by atoms with Crippen LogP contribution in [0.1, 0.15) is 28.6 Å². The van der Waals surface area contributed by atoms with Crippen molar-refractivity contribution >= 4 is 10.9 Å². The second-order valence-electron chi connectivity index (χ2n) is 5.24. The highest BCUT2D eigenvalue weighted by Crippen LogP contribution is 2.25. The van der Waals surface area contributed by atoms with E-state index in [4.69, 9.17) is 5.84 Å². The van der Waals surface area contributed by atoms with Gasteiger partial charge in [-0.3, -0.25) is 15.8 Å². The van der Waals surface area contributed by atoms with Gasteiger partial charge >= 0.3 is 0 Å². The Kier molecular flexibility index (Phi) is 3.64. The van der Waals surface area contributed by atoms with Gasteiger partial charge < -0.3 is 0 Å². The zero-order valence-corrected chi connectivity index (χ0v) is 12.2. The van der Waals surface area contributed by atoms with Crippen molar-refractivity contribution in [1.82, 2.24) is 15.4 Å². The summed E-state index contributed by atoms with van der Waals surface area (Å²) in [6.45, 7) is 3.99. The van der Waals surface area contributed by atoms with E-state index in [0.29, 0.717) is 0 Å². The number of pyridine rings is 2. The van der Waals surface area contributed by atoms with E-state index >= 15 is 0 Å². The molecule has 1 aromatic carbocycles. The first-order valence-corrected chi connectivity index (χ1v) is 6.93. The number of hydrogen-bond acceptors (Lipinski definition) is 4. The number of benzene rings is 1. The van der Waals surface area contributed by atoms with Crippen molar-refractivity contribution in [3.05, 3.63) is 71.2 Å². The molecule has 0 bridgehead atoms. The van der Waals surface area contributed by atoms with Gasteiger partial charge in [-0.05, 0) is 55.3 Å². The van der Waals surface area contributed by atoms with E-state index in [1.54, 1.807) is 6.20 Å². The van der Waals surface area contributed by atoms with Crippen LogP contribution in [-0.4, -0.2) is 9.97 Å². The van der Waals surface area contributed by atoms with Crippen LogP contribution < -0.4 is 11.3 Å². The number of aryl methyl sites for hydroxylation is 2. The van der Waals surface area contributed by atoms with Gasteiger partial charge in [0, 0.05) is 23.0 Å². The van der Waals surface area contributed by atoms with Crippen LogP contribution in [0.15, 0.2) is 48.7 Å². The van der Waals surface area contributed by atoms with Crippen molar-refractivity contribution in [2.45, 2.75) is 19.9 Å². The minimum absolute atomic E-state index is 0.0602. The summed E-state index contributed by atoms with van der Waals surface area (Å²) in [6.07, 6.45) is 1.80. The van der Waals surface area contributed by atoms with E-state index < -0.39 is 0 Å². The SMILES string of the molecule is Cc1cc(C(NN)c2ccc3ncccc3c2)cc(C)n1. The lowest BCUT2D eigenvalue weighted by atomic mass is 9.97. The highest BCUT2D eigenvalue weighted by atomic mass is 15.2. The maximum atomic E-state index is 5.80. The molecule has 0 spiro atoms. The third-order valence-corrected chi connectivity index (χ3v) is 3.56. The lowest BCUT2D eigenvalue weighted by Gasteiger charge is -2.18. The number of hydrogen-bond donors (Lipinski definition) is 2. The van der Waals surface area contributed by atoms with Crippen LogP contribution in [0.5, 0.6) is 0 Å². The number of nitrogens with zero attached hydrogens (tertiary/aromatic N) is 2. The molecular formula is C17H18N4. The largest absolute Gasteiger partial charge is 0.271 e. The summed E-state index contributed by atoms with van der Waals surface area (Å²) in [7, 11) is 0. The zero-order chi connectivity index (χ0) is 14.8. The fourth-order valence-corrected chi connectivity index (χ4v) is 2.69. The van der Waals surface area contributed by atoms with Gasteiger partial charge in [0.25, 0.3) is 0 Å². The van der Waals surface area contributed by atoms with Crippen molar-refractivity contribution < 1.29 is 0 Å². The van der Waals surface area contributed by atoms with Crippen LogP contribution in [0.2, 0.25) is 0 Å². The Balaban J connectivity index is 2.08. The molecule has 0 saturated heterocycles. The van der Waals surface area contributed by atoms with E-state index in [1.807, 2.05) is 26.0 Å². The van der Waals surface area contributed by atoms with Crippen molar-refractivity contribution in [1.29, 1.82) is 0 Å². The minimum Gasteiger partial charge on any atom is -0.271 e. The van der Waals surface area contributed by atoms with Crippen LogP contribution in [0.4, 0.5) is 0 Å². The Morgan fingerprint density at radius 3 is 2.48 bits per heavy atom. The van der Waals surface area contributed by atoms with Gasteiger partial charge in [0.2, 0.25) is 0 Å². The highest BCUT2D eigenvalue weighted by Gasteiger charge is 2.14. The summed E-state index contributed by atoms with van der Waals surface area (Å²) in [4.78, 5) is 8.76. The van der Waals surface area contributed by atoms with Gasteiger partial charge in [-0.1, -0.05) is 12.1 Å². The zero-order valence-electron chi connectivity index (χ0n) is 12.2.